The average molecular weight is 196 g/mol. The number of benzene rings is 1. The molecule has 0 radical (unpaired) electrons. The molecule has 0 aliphatic heterocycles. The van der Waals surface area contributed by atoms with Gasteiger partial charge in [-0.3, -0.25) is 4.79 Å². The summed E-state index contributed by atoms with van der Waals surface area (Å²) >= 11 is 1.40. The van der Waals surface area contributed by atoms with Gasteiger partial charge in [-0.15, -0.1) is 11.2 Å². The Morgan fingerprint density at radius 1 is 1.58 bits per heavy atom. The molecule has 0 N–H and O–H groups in total. The summed E-state index contributed by atoms with van der Waals surface area (Å²) in [6.07, 6.45) is 0.993. The Kier molecular flexibility index (Phi) is 3.56. The molecule has 0 fully saturated rings. The summed E-state index contributed by atoms with van der Waals surface area (Å²) in [7, 11) is 0.874. The highest BCUT2D eigenvalue weighted by molar-refractivity contribution is 8.31. The van der Waals surface area contributed by atoms with E-state index in [0.717, 1.165) is 21.4 Å². The van der Waals surface area contributed by atoms with Crippen molar-refractivity contribution in [2.24, 2.45) is 0 Å². The molecule has 1 aromatic rings. The van der Waals surface area contributed by atoms with Gasteiger partial charge in [-0.1, -0.05) is 25.1 Å². The third-order valence-electron chi connectivity index (χ3n) is 1.76. The number of carbonyl (C=O) groups excluding carboxylic acids is 1. The first kappa shape index (κ1) is 9.54. The Bertz CT molecular complexity index is 286. The van der Waals surface area contributed by atoms with Crippen LogP contribution < -0.4 is 0 Å². The van der Waals surface area contributed by atoms with Crippen LogP contribution in [0.15, 0.2) is 24.3 Å². The lowest BCUT2D eigenvalue weighted by Gasteiger charge is -1.99. The van der Waals surface area contributed by atoms with Crippen molar-refractivity contribution in [3.8, 4) is 0 Å². The van der Waals surface area contributed by atoms with E-state index in [0.29, 0.717) is 0 Å². The molecule has 0 aromatic heterocycles. The van der Waals surface area contributed by atoms with Crippen LogP contribution in [0, 0.1) is 0 Å². The van der Waals surface area contributed by atoms with Crippen molar-refractivity contribution in [3.05, 3.63) is 35.4 Å². The predicted octanol–water partition coefficient (Wildman–Crippen LogP) is 1.40. The molecular formula is C9H12OSSi. The standard InChI is InChI=1S/C9H12OSSi/c1-2-7-4-3-5-8(6-7)9(10)11-12/h3-6H,2H2,1,12H3. The quantitative estimate of drug-likeness (QED) is 0.665. The van der Waals surface area contributed by atoms with Crippen LogP contribution in [0.25, 0.3) is 0 Å². The molecule has 0 atom stereocenters. The normalized spacial score (nSPS) is 10.1. The molecule has 0 amide bonds. The zero-order chi connectivity index (χ0) is 8.97. The maximum atomic E-state index is 11.3. The zero-order valence-corrected chi connectivity index (χ0v) is 10.1. The van der Waals surface area contributed by atoms with E-state index >= 15 is 0 Å². The van der Waals surface area contributed by atoms with Crippen LogP contribution >= 0.6 is 11.2 Å². The van der Waals surface area contributed by atoms with Crippen LogP contribution in [-0.2, 0) is 6.42 Å². The Morgan fingerprint density at radius 3 is 2.92 bits per heavy atom. The van der Waals surface area contributed by atoms with Crippen LogP contribution in [0.5, 0.6) is 0 Å². The van der Waals surface area contributed by atoms with E-state index in [1.54, 1.807) is 0 Å². The molecule has 12 heavy (non-hydrogen) atoms. The monoisotopic (exact) mass is 196 g/mol. The largest absolute Gasteiger partial charge is 0.282 e. The number of aryl methyl sites for hydroxylation is 1. The zero-order valence-electron chi connectivity index (χ0n) is 7.33. The van der Waals surface area contributed by atoms with E-state index in [9.17, 15) is 4.79 Å². The van der Waals surface area contributed by atoms with E-state index in [2.05, 4.69) is 13.0 Å². The molecule has 1 aromatic carbocycles. The van der Waals surface area contributed by atoms with Crippen LogP contribution in [0.2, 0.25) is 0 Å². The third-order valence-corrected chi connectivity index (χ3v) is 3.48. The topological polar surface area (TPSA) is 17.1 Å². The van der Waals surface area contributed by atoms with Gasteiger partial charge >= 0.3 is 0 Å². The van der Waals surface area contributed by atoms with Crippen LogP contribution in [0.1, 0.15) is 22.8 Å². The Hall–Kier alpha value is -0.543. The summed E-state index contributed by atoms with van der Waals surface area (Å²) in [5, 5.41) is 0.206. The molecule has 64 valence electrons. The Morgan fingerprint density at radius 2 is 2.33 bits per heavy atom. The molecule has 0 aliphatic rings. The summed E-state index contributed by atoms with van der Waals surface area (Å²) in [6.45, 7) is 2.09. The minimum Gasteiger partial charge on any atom is -0.282 e. The van der Waals surface area contributed by atoms with Gasteiger partial charge in [-0.05, 0) is 18.1 Å². The molecule has 3 heteroatoms. The molecule has 0 saturated carbocycles. The lowest BCUT2D eigenvalue weighted by Crippen LogP contribution is -1.93. The van der Waals surface area contributed by atoms with Crippen molar-refractivity contribution in [1.29, 1.82) is 0 Å². The van der Waals surface area contributed by atoms with Gasteiger partial charge in [0.25, 0.3) is 0 Å². The van der Waals surface area contributed by atoms with Crippen LogP contribution in [0.4, 0.5) is 0 Å². The first-order chi connectivity index (χ1) is 5.77. The minimum atomic E-state index is 0.206. The molecule has 0 spiro atoms. The maximum absolute atomic E-state index is 11.3. The van der Waals surface area contributed by atoms with Gasteiger partial charge < -0.3 is 0 Å². The van der Waals surface area contributed by atoms with Crippen molar-refractivity contribution in [3.63, 3.8) is 0 Å². The highest BCUT2D eigenvalue weighted by atomic mass is 32.4. The van der Waals surface area contributed by atoms with E-state index in [1.165, 1.54) is 16.8 Å². The molecule has 0 unspecified atom stereocenters. The van der Waals surface area contributed by atoms with Crippen molar-refractivity contribution >= 4 is 25.7 Å². The van der Waals surface area contributed by atoms with Crippen LogP contribution in [-0.4, -0.2) is 14.5 Å². The third kappa shape index (κ3) is 2.22. The molecule has 0 saturated heterocycles. The summed E-state index contributed by atoms with van der Waals surface area (Å²) in [5.74, 6) is 0. The molecule has 1 rings (SSSR count). The highest BCUT2D eigenvalue weighted by Crippen LogP contribution is 2.11. The van der Waals surface area contributed by atoms with Crippen molar-refractivity contribution in [2.45, 2.75) is 13.3 Å². The summed E-state index contributed by atoms with van der Waals surface area (Å²) < 4.78 is 0. The van der Waals surface area contributed by atoms with Gasteiger partial charge in [0, 0.05) is 5.56 Å². The first-order valence-electron chi connectivity index (χ1n) is 3.95. The second-order valence-electron chi connectivity index (χ2n) is 2.55. The smallest absolute Gasteiger partial charge is 0.212 e. The minimum absolute atomic E-state index is 0.206. The van der Waals surface area contributed by atoms with Gasteiger partial charge in [-0.25, -0.2) is 0 Å². The predicted molar refractivity (Wildman–Crippen MR) is 57.7 cm³/mol. The summed E-state index contributed by atoms with van der Waals surface area (Å²) in [5.41, 5.74) is 2.07. The molecular weight excluding hydrogens is 184 g/mol. The number of hydrogen-bond acceptors (Lipinski definition) is 2. The highest BCUT2D eigenvalue weighted by Gasteiger charge is 2.02. The molecule has 0 heterocycles. The average Bonchev–Trinajstić information content (AvgIpc) is 2.17. The number of rotatable bonds is 2. The Balaban J connectivity index is 2.93. The number of carbonyl (C=O) groups is 1. The lowest BCUT2D eigenvalue weighted by atomic mass is 10.1. The van der Waals surface area contributed by atoms with E-state index in [-0.39, 0.29) is 5.12 Å². The van der Waals surface area contributed by atoms with Crippen LogP contribution in [0.3, 0.4) is 0 Å². The SMILES string of the molecule is CCc1cccc(C(=O)S[SiH3])c1. The van der Waals surface area contributed by atoms with Gasteiger partial charge in [0.1, 0.15) is 0 Å². The van der Waals surface area contributed by atoms with Gasteiger partial charge in [0.15, 0.2) is 0 Å². The van der Waals surface area contributed by atoms with Crippen molar-refractivity contribution in [2.75, 3.05) is 0 Å². The fraction of sp³-hybridized carbons (Fsp3) is 0.222. The van der Waals surface area contributed by atoms with E-state index in [4.69, 9.17) is 0 Å². The fourth-order valence-corrected chi connectivity index (χ4v) is 2.11. The van der Waals surface area contributed by atoms with Gasteiger partial charge in [0.2, 0.25) is 5.12 Å². The molecule has 1 nitrogen and oxygen atoms in total. The lowest BCUT2D eigenvalue weighted by molar-refractivity contribution is 0.109. The second-order valence-corrected chi connectivity index (χ2v) is 4.55. The van der Waals surface area contributed by atoms with Crippen molar-refractivity contribution < 1.29 is 4.79 Å². The van der Waals surface area contributed by atoms with Crippen molar-refractivity contribution in [1.82, 2.24) is 0 Å². The summed E-state index contributed by atoms with van der Waals surface area (Å²) in [6, 6.07) is 7.86. The van der Waals surface area contributed by atoms with Gasteiger partial charge in [0.05, 0.1) is 9.39 Å². The molecule has 0 aliphatic carbocycles. The number of hydrogen-bond donors (Lipinski definition) is 0. The van der Waals surface area contributed by atoms with Gasteiger partial charge in [-0.2, -0.15) is 0 Å². The Labute approximate surface area is 79.6 Å². The molecule has 0 bridgehead atoms. The van der Waals surface area contributed by atoms with E-state index in [1.807, 2.05) is 18.2 Å². The first-order valence-corrected chi connectivity index (χ1v) is 7.62. The summed E-state index contributed by atoms with van der Waals surface area (Å²) in [4.78, 5) is 11.3. The maximum Gasteiger partial charge on any atom is 0.212 e. The van der Waals surface area contributed by atoms with E-state index < -0.39 is 0 Å². The second kappa shape index (κ2) is 4.47. The fourth-order valence-electron chi connectivity index (χ4n) is 1.04.